The second kappa shape index (κ2) is 8.54. The lowest BCUT2D eigenvalue weighted by Gasteiger charge is -2.53. The van der Waals surface area contributed by atoms with Gasteiger partial charge in [-0.15, -0.1) is 0 Å². The van der Waals surface area contributed by atoms with Crippen molar-refractivity contribution in [1.29, 1.82) is 0 Å². The zero-order valence-electron chi connectivity index (χ0n) is 18.5. The molecule has 3 rings (SSSR count). The minimum Gasteiger partial charge on any atom is -0.508 e. The highest BCUT2D eigenvalue weighted by Crippen LogP contribution is 2.54. The lowest BCUT2D eigenvalue weighted by atomic mass is 9.52. The Labute approximate surface area is 179 Å². The van der Waals surface area contributed by atoms with E-state index in [1.54, 1.807) is 38.1 Å². The number of fused-ring (bicyclic) bond motifs is 1. The van der Waals surface area contributed by atoms with E-state index in [2.05, 4.69) is 13.0 Å². The first-order valence-corrected chi connectivity index (χ1v) is 10.9. The molecule has 0 unspecified atom stereocenters. The molecule has 5 heteroatoms. The molecule has 2 N–H and O–H groups in total. The van der Waals surface area contributed by atoms with Gasteiger partial charge >= 0.3 is 5.97 Å². The number of phenols is 1. The Hall–Kier alpha value is -2.14. The van der Waals surface area contributed by atoms with Crippen LogP contribution in [0.3, 0.4) is 0 Å². The van der Waals surface area contributed by atoms with E-state index in [9.17, 15) is 19.8 Å². The third-order valence-corrected chi connectivity index (χ3v) is 7.42. The number of benzene rings is 1. The van der Waals surface area contributed by atoms with E-state index in [0.717, 1.165) is 24.8 Å². The highest BCUT2D eigenvalue weighted by molar-refractivity contribution is 5.87. The predicted octanol–water partition coefficient (Wildman–Crippen LogP) is 4.13. The summed E-state index contributed by atoms with van der Waals surface area (Å²) < 4.78 is 5.30. The van der Waals surface area contributed by atoms with E-state index >= 15 is 0 Å². The van der Waals surface area contributed by atoms with Crippen molar-refractivity contribution < 1.29 is 24.5 Å². The molecule has 0 heterocycles. The molecule has 5 atom stereocenters. The van der Waals surface area contributed by atoms with Gasteiger partial charge < -0.3 is 14.9 Å². The molecular formula is C25H34O5. The number of esters is 1. The first-order valence-electron chi connectivity index (χ1n) is 10.9. The Morgan fingerprint density at radius 2 is 1.97 bits per heavy atom. The molecule has 5 nitrogen and oxygen atoms in total. The molecule has 0 radical (unpaired) electrons. The summed E-state index contributed by atoms with van der Waals surface area (Å²) in [6, 6.07) is 5.08. The summed E-state index contributed by atoms with van der Waals surface area (Å²) in [6.07, 6.45) is 7.04. The summed E-state index contributed by atoms with van der Waals surface area (Å²) in [5, 5.41) is 20.9. The van der Waals surface area contributed by atoms with Crippen LogP contribution >= 0.6 is 0 Å². The van der Waals surface area contributed by atoms with E-state index in [4.69, 9.17) is 4.74 Å². The van der Waals surface area contributed by atoms with Crippen LogP contribution in [-0.2, 0) is 20.7 Å². The average Bonchev–Trinajstić information content (AvgIpc) is 2.67. The van der Waals surface area contributed by atoms with E-state index in [1.165, 1.54) is 0 Å². The summed E-state index contributed by atoms with van der Waals surface area (Å²) in [6.45, 7) is 7.62. The number of carbonyl (C=O) groups excluding carboxylic acids is 2. The van der Waals surface area contributed by atoms with Crippen LogP contribution in [0.1, 0.15) is 57.6 Å². The molecular weight excluding hydrogens is 380 g/mol. The maximum absolute atomic E-state index is 13.3. The number of ether oxygens (including phenoxy) is 1. The highest BCUT2D eigenvalue weighted by Gasteiger charge is 2.56. The van der Waals surface area contributed by atoms with Gasteiger partial charge in [0.1, 0.15) is 11.5 Å². The van der Waals surface area contributed by atoms with Gasteiger partial charge in [0.05, 0.1) is 24.0 Å². The van der Waals surface area contributed by atoms with Crippen LogP contribution in [-0.4, -0.2) is 34.2 Å². The largest absolute Gasteiger partial charge is 0.508 e. The first-order chi connectivity index (χ1) is 14.0. The van der Waals surface area contributed by atoms with E-state index in [-0.39, 0.29) is 36.9 Å². The Morgan fingerprint density at radius 3 is 2.67 bits per heavy atom. The standard InChI is InChI=1S/C25H34O5/c1-16-5-8-20-19(13-16)9-11-24(3,29)25(20,4)22(27)10-12-30-23(28)15-18-7-6-17(2)21(26)14-18/h6-7,9,11,14,16,19-20,26,29H,5,8,10,12-13,15H2,1-4H3/t16-,19-,20-,24+,25-/m0/s1. The molecule has 1 saturated carbocycles. The van der Waals surface area contributed by atoms with Crippen molar-refractivity contribution in [3.63, 3.8) is 0 Å². The van der Waals surface area contributed by atoms with Crippen molar-refractivity contribution in [2.24, 2.45) is 23.2 Å². The fraction of sp³-hybridized carbons (Fsp3) is 0.600. The fourth-order valence-electron chi connectivity index (χ4n) is 5.20. The Bertz CT molecular complexity index is 840. The smallest absolute Gasteiger partial charge is 0.310 e. The fourth-order valence-corrected chi connectivity index (χ4v) is 5.20. The molecule has 30 heavy (non-hydrogen) atoms. The number of carbonyl (C=O) groups is 2. The van der Waals surface area contributed by atoms with Gasteiger partial charge in [0.25, 0.3) is 0 Å². The van der Waals surface area contributed by atoms with Crippen molar-refractivity contribution in [2.75, 3.05) is 6.61 Å². The number of hydrogen-bond donors (Lipinski definition) is 2. The molecule has 1 fully saturated rings. The van der Waals surface area contributed by atoms with Gasteiger partial charge in [0.2, 0.25) is 0 Å². The van der Waals surface area contributed by atoms with E-state index in [0.29, 0.717) is 17.4 Å². The predicted molar refractivity (Wildman–Crippen MR) is 115 cm³/mol. The zero-order chi connectivity index (χ0) is 22.1. The average molecular weight is 415 g/mol. The maximum atomic E-state index is 13.3. The van der Waals surface area contributed by atoms with Crippen LogP contribution in [0.25, 0.3) is 0 Å². The lowest BCUT2D eigenvalue weighted by Crippen LogP contribution is -2.57. The number of phenolic OH excluding ortho intramolecular Hbond substituents is 1. The minimum absolute atomic E-state index is 0.00131. The number of hydrogen-bond acceptors (Lipinski definition) is 5. The molecule has 0 aliphatic heterocycles. The third-order valence-electron chi connectivity index (χ3n) is 7.42. The highest BCUT2D eigenvalue weighted by atomic mass is 16.5. The number of aliphatic hydroxyl groups is 1. The van der Waals surface area contributed by atoms with Crippen LogP contribution in [0, 0.1) is 30.1 Å². The summed E-state index contributed by atoms with van der Waals surface area (Å²) in [4.78, 5) is 25.4. The molecule has 0 spiro atoms. The topological polar surface area (TPSA) is 83.8 Å². The first kappa shape index (κ1) is 22.5. The van der Waals surface area contributed by atoms with Crippen molar-refractivity contribution in [3.05, 3.63) is 41.5 Å². The van der Waals surface area contributed by atoms with Crippen LogP contribution in [0.4, 0.5) is 0 Å². The van der Waals surface area contributed by atoms with Crippen LogP contribution < -0.4 is 0 Å². The van der Waals surface area contributed by atoms with Gasteiger partial charge in [-0.2, -0.15) is 0 Å². The number of aryl methyl sites for hydroxylation is 1. The quantitative estimate of drug-likeness (QED) is 0.540. The molecule has 0 bridgehead atoms. The van der Waals surface area contributed by atoms with E-state index < -0.39 is 17.0 Å². The third kappa shape index (κ3) is 4.31. The van der Waals surface area contributed by atoms with Gasteiger partial charge in [0, 0.05) is 6.42 Å². The lowest BCUT2D eigenvalue weighted by molar-refractivity contribution is -0.155. The Kier molecular flexibility index (Phi) is 6.42. The van der Waals surface area contributed by atoms with Gasteiger partial charge in [0.15, 0.2) is 0 Å². The van der Waals surface area contributed by atoms with Crippen molar-refractivity contribution in [1.82, 2.24) is 0 Å². The second-order valence-electron chi connectivity index (χ2n) is 9.59. The van der Waals surface area contributed by atoms with Crippen molar-refractivity contribution in [3.8, 4) is 5.75 Å². The minimum atomic E-state index is -1.21. The number of aromatic hydroxyl groups is 1. The summed E-state index contributed by atoms with van der Waals surface area (Å²) in [7, 11) is 0. The molecule has 2 aliphatic carbocycles. The molecule has 2 aliphatic rings. The van der Waals surface area contributed by atoms with E-state index in [1.807, 2.05) is 6.92 Å². The molecule has 0 saturated heterocycles. The summed E-state index contributed by atoms with van der Waals surface area (Å²) >= 11 is 0. The SMILES string of the molecule is Cc1ccc(CC(=O)OCCC(=O)[C@]2(C)[C@H]3CC[C@H](C)C[C@@H]3C=C[C@@]2(C)O)cc1O. The number of allylic oxidation sites excluding steroid dienone is 1. The second-order valence-corrected chi connectivity index (χ2v) is 9.59. The monoisotopic (exact) mass is 414 g/mol. The molecule has 0 aromatic heterocycles. The van der Waals surface area contributed by atoms with Gasteiger partial charge in [-0.05, 0) is 68.6 Å². The Morgan fingerprint density at radius 1 is 1.23 bits per heavy atom. The zero-order valence-corrected chi connectivity index (χ0v) is 18.5. The summed E-state index contributed by atoms with van der Waals surface area (Å²) in [5.74, 6) is 0.693. The Balaban J connectivity index is 1.60. The normalized spacial score (nSPS) is 33.0. The number of rotatable bonds is 6. The van der Waals surface area contributed by atoms with Crippen molar-refractivity contribution in [2.45, 2.75) is 65.4 Å². The molecule has 1 aromatic carbocycles. The van der Waals surface area contributed by atoms with Crippen molar-refractivity contribution >= 4 is 11.8 Å². The maximum Gasteiger partial charge on any atom is 0.310 e. The van der Waals surface area contributed by atoms with Gasteiger partial charge in [-0.3, -0.25) is 9.59 Å². The molecule has 1 aromatic rings. The van der Waals surface area contributed by atoms with Gasteiger partial charge in [-0.1, -0.05) is 37.6 Å². The number of ketones is 1. The number of Topliss-reactive ketones (excluding diaryl/α,β-unsaturated/α-hetero) is 1. The molecule has 164 valence electrons. The van der Waals surface area contributed by atoms with Crippen LogP contribution in [0.5, 0.6) is 5.75 Å². The molecule has 0 amide bonds. The van der Waals surface area contributed by atoms with Gasteiger partial charge in [-0.25, -0.2) is 0 Å². The van der Waals surface area contributed by atoms with Crippen LogP contribution in [0.15, 0.2) is 30.4 Å². The van der Waals surface area contributed by atoms with Crippen LogP contribution in [0.2, 0.25) is 0 Å². The summed E-state index contributed by atoms with van der Waals surface area (Å²) in [5.41, 5.74) is -0.687.